The van der Waals surface area contributed by atoms with Crippen molar-refractivity contribution >= 4 is 11.8 Å². The van der Waals surface area contributed by atoms with Gasteiger partial charge in [0.05, 0.1) is 42.5 Å². The van der Waals surface area contributed by atoms with Crippen LogP contribution in [0.5, 0.6) is 0 Å². The zero-order chi connectivity index (χ0) is 18.9. The first-order valence-electron chi connectivity index (χ1n) is 9.31. The lowest BCUT2D eigenvalue weighted by molar-refractivity contribution is -0.122. The summed E-state index contributed by atoms with van der Waals surface area (Å²) >= 11 is 0. The lowest BCUT2D eigenvalue weighted by Gasteiger charge is -2.24. The van der Waals surface area contributed by atoms with E-state index in [1.807, 2.05) is 43.3 Å². The number of nitrogens with zero attached hydrogens (tertiary/aromatic N) is 2. The number of rotatable bonds is 6. The van der Waals surface area contributed by atoms with E-state index in [2.05, 4.69) is 15.3 Å². The molecule has 4 rings (SSSR count). The van der Waals surface area contributed by atoms with Gasteiger partial charge in [-0.1, -0.05) is 30.3 Å². The lowest BCUT2D eigenvalue weighted by atomic mass is 9.99. The summed E-state index contributed by atoms with van der Waals surface area (Å²) < 4.78 is 5.50. The Labute approximate surface area is 158 Å². The van der Waals surface area contributed by atoms with Gasteiger partial charge in [-0.3, -0.25) is 9.78 Å². The van der Waals surface area contributed by atoms with Crippen LogP contribution >= 0.6 is 0 Å². The van der Waals surface area contributed by atoms with Crippen molar-refractivity contribution in [3.05, 3.63) is 65.0 Å². The Balaban J connectivity index is 1.45. The van der Waals surface area contributed by atoms with E-state index in [1.54, 1.807) is 6.20 Å². The smallest absolute Gasteiger partial charge is 0.226 e. The summed E-state index contributed by atoms with van der Waals surface area (Å²) in [4.78, 5) is 21.4. The first kappa shape index (κ1) is 17.7. The Morgan fingerprint density at radius 3 is 2.81 bits per heavy atom. The van der Waals surface area contributed by atoms with Crippen LogP contribution < -0.4 is 5.32 Å². The largest absolute Gasteiger partial charge is 0.478 e. The Morgan fingerprint density at radius 2 is 2.11 bits per heavy atom. The first-order valence-corrected chi connectivity index (χ1v) is 9.31. The Hall–Kier alpha value is -2.73. The molecule has 6 nitrogen and oxygen atoms in total. The topological polar surface area (TPSA) is 83.8 Å². The van der Waals surface area contributed by atoms with E-state index in [4.69, 9.17) is 4.74 Å². The summed E-state index contributed by atoms with van der Waals surface area (Å²) in [6.07, 6.45) is 3.28. The molecule has 0 bridgehead atoms. The highest BCUT2D eigenvalue weighted by Gasteiger charge is 2.49. The molecule has 27 heavy (non-hydrogen) atoms. The zero-order valence-electron chi connectivity index (χ0n) is 15.3. The summed E-state index contributed by atoms with van der Waals surface area (Å²) in [5, 5.41) is 13.6. The van der Waals surface area contributed by atoms with Gasteiger partial charge in [0.2, 0.25) is 11.8 Å². The molecule has 0 radical (unpaired) electrons. The standard InChI is InChI=1S/C21H23N3O3/c1-2-27-20-17-13-22-16(10-15(17)12-23-20)11-18(25)24-19(21(26)8-9-21)14-6-4-3-5-7-14/h3-7,10,13,19,26H,2,8-9,11-12H2,1H3,(H,24,25)/t19-/m0/s1. The van der Waals surface area contributed by atoms with Crippen LogP contribution in [0.15, 0.2) is 47.6 Å². The fourth-order valence-corrected chi connectivity index (χ4v) is 3.44. The average molecular weight is 365 g/mol. The number of nitrogens with one attached hydrogen (secondary N) is 1. The molecule has 2 N–H and O–H groups in total. The Kier molecular flexibility index (Phi) is 4.66. The molecule has 1 fully saturated rings. The van der Waals surface area contributed by atoms with Gasteiger partial charge >= 0.3 is 0 Å². The van der Waals surface area contributed by atoms with Crippen LogP contribution in [-0.4, -0.2) is 34.1 Å². The van der Waals surface area contributed by atoms with Crippen LogP contribution in [0.1, 0.15) is 48.2 Å². The van der Waals surface area contributed by atoms with E-state index in [0.717, 1.165) is 16.7 Å². The van der Waals surface area contributed by atoms with Crippen LogP contribution in [0.3, 0.4) is 0 Å². The van der Waals surface area contributed by atoms with Gasteiger partial charge in [-0.2, -0.15) is 0 Å². The number of fused-ring (bicyclic) bond motifs is 1. The molecule has 2 aliphatic rings. The number of hydrogen-bond donors (Lipinski definition) is 2. The molecule has 1 saturated carbocycles. The van der Waals surface area contributed by atoms with Crippen molar-refractivity contribution in [3.63, 3.8) is 0 Å². The van der Waals surface area contributed by atoms with E-state index in [-0.39, 0.29) is 12.3 Å². The predicted octanol–water partition coefficient (Wildman–Crippen LogP) is 2.30. The van der Waals surface area contributed by atoms with Crippen molar-refractivity contribution in [3.8, 4) is 0 Å². The second-order valence-electron chi connectivity index (χ2n) is 7.08. The lowest BCUT2D eigenvalue weighted by Crippen LogP contribution is -2.38. The molecule has 1 aliphatic heterocycles. The van der Waals surface area contributed by atoms with Gasteiger partial charge in [0, 0.05) is 6.20 Å². The molecule has 140 valence electrons. The third-order valence-electron chi connectivity index (χ3n) is 5.03. The van der Waals surface area contributed by atoms with Crippen molar-refractivity contribution < 1.29 is 14.6 Å². The number of benzene rings is 1. The Morgan fingerprint density at radius 1 is 1.33 bits per heavy atom. The summed E-state index contributed by atoms with van der Waals surface area (Å²) in [6, 6.07) is 11.1. The van der Waals surface area contributed by atoms with Crippen molar-refractivity contribution in [2.24, 2.45) is 4.99 Å². The van der Waals surface area contributed by atoms with E-state index in [0.29, 0.717) is 37.6 Å². The maximum absolute atomic E-state index is 12.6. The number of hydrogen-bond acceptors (Lipinski definition) is 5. The third kappa shape index (κ3) is 3.71. The van der Waals surface area contributed by atoms with E-state index < -0.39 is 11.6 Å². The van der Waals surface area contributed by atoms with Gasteiger partial charge in [-0.15, -0.1) is 0 Å². The highest BCUT2D eigenvalue weighted by Crippen LogP contribution is 2.45. The number of ether oxygens (including phenoxy) is 1. The maximum Gasteiger partial charge on any atom is 0.226 e. The number of aromatic nitrogens is 1. The van der Waals surface area contributed by atoms with E-state index in [1.165, 1.54) is 0 Å². The highest BCUT2D eigenvalue weighted by atomic mass is 16.5. The van der Waals surface area contributed by atoms with Gasteiger partial charge in [0.1, 0.15) is 0 Å². The van der Waals surface area contributed by atoms with Crippen LogP contribution in [0.25, 0.3) is 0 Å². The molecule has 1 amide bonds. The third-order valence-corrected chi connectivity index (χ3v) is 5.03. The number of pyridine rings is 1. The predicted molar refractivity (Wildman–Crippen MR) is 101 cm³/mol. The fourth-order valence-electron chi connectivity index (χ4n) is 3.44. The minimum Gasteiger partial charge on any atom is -0.478 e. The van der Waals surface area contributed by atoms with E-state index >= 15 is 0 Å². The monoisotopic (exact) mass is 365 g/mol. The van der Waals surface area contributed by atoms with Gasteiger partial charge in [0.15, 0.2) is 0 Å². The zero-order valence-corrected chi connectivity index (χ0v) is 15.3. The fraction of sp³-hybridized carbons (Fsp3) is 0.381. The molecule has 1 aliphatic carbocycles. The van der Waals surface area contributed by atoms with Crippen molar-refractivity contribution in [1.82, 2.24) is 10.3 Å². The van der Waals surface area contributed by atoms with Crippen molar-refractivity contribution in [2.45, 2.75) is 44.4 Å². The first-order chi connectivity index (χ1) is 13.1. The van der Waals surface area contributed by atoms with Gasteiger partial charge in [-0.05, 0) is 37.0 Å². The normalized spacial score (nSPS) is 17.6. The molecule has 0 unspecified atom stereocenters. The molecular formula is C21H23N3O3. The van der Waals surface area contributed by atoms with Gasteiger partial charge in [-0.25, -0.2) is 4.99 Å². The summed E-state index contributed by atoms with van der Waals surface area (Å²) in [6.45, 7) is 3.03. The second-order valence-corrected chi connectivity index (χ2v) is 7.08. The van der Waals surface area contributed by atoms with Gasteiger partial charge in [0.25, 0.3) is 0 Å². The summed E-state index contributed by atoms with van der Waals surface area (Å²) in [5.41, 5.74) is 2.69. The Bertz CT molecular complexity index is 875. The second kappa shape index (κ2) is 7.12. The van der Waals surface area contributed by atoms with Crippen LogP contribution in [0, 0.1) is 0 Å². The van der Waals surface area contributed by atoms with Crippen molar-refractivity contribution in [2.75, 3.05) is 6.61 Å². The number of carbonyl (C=O) groups excluding carboxylic acids is 1. The average Bonchev–Trinajstić information content (AvgIpc) is 3.30. The van der Waals surface area contributed by atoms with Crippen LogP contribution in [0.4, 0.5) is 0 Å². The molecule has 0 spiro atoms. The number of amides is 1. The molecule has 1 aromatic carbocycles. The van der Waals surface area contributed by atoms with Crippen LogP contribution in [-0.2, 0) is 22.5 Å². The quantitative estimate of drug-likeness (QED) is 0.823. The van der Waals surface area contributed by atoms with Crippen LogP contribution in [0.2, 0.25) is 0 Å². The molecule has 2 aromatic rings. The summed E-state index contributed by atoms with van der Waals surface area (Å²) in [5.74, 6) is 0.469. The molecule has 1 atom stereocenters. The minimum absolute atomic E-state index is 0.152. The molecule has 6 heteroatoms. The number of carbonyl (C=O) groups is 1. The molecule has 2 heterocycles. The molecule has 0 saturated heterocycles. The number of aliphatic hydroxyl groups is 1. The maximum atomic E-state index is 12.6. The van der Waals surface area contributed by atoms with E-state index in [9.17, 15) is 9.90 Å². The minimum atomic E-state index is -0.845. The molecule has 1 aromatic heterocycles. The molecular weight excluding hydrogens is 342 g/mol. The number of aliphatic imine (C=N–C) groups is 1. The summed E-state index contributed by atoms with van der Waals surface area (Å²) in [7, 11) is 0. The SMILES string of the molecule is CCOC1=NCc2cc(CC(=O)N[C@@H](c3ccccc3)C3(O)CC3)ncc21. The highest BCUT2D eigenvalue weighted by molar-refractivity contribution is 5.97. The van der Waals surface area contributed by atoms with Crippen molar-refractivity contribution in [1.29, 1.82) is 0 Å². The van der Waals surface area contributed by atoms with Gasteiger partial charge < -0.3 is 15.2 Å².